The number of allylic oxidation sites excluding steroid dienone is 1. The van der Waals surface area contributed by atoms with Gasteiger partial charge in [0.25, 0.3) is 0 Å². The molecule has 1 aliphatic rings. The third-order valence-corrected chi connectivity index (χ3v) is 3.84. The van der Waals surface area contributed by atoms with Crippen molar-refractivity contribution in [2.45, 2.75) is 6.92 Å². The van der Waals surface area contributed by atoms with Crippen LogP contribution in [0.4, 0.5) is 5.69 Å². The molecule has 3 rings (SSSR count). The largest absolute Gasteiger partial charge is 0.507 e. The van der Waals surface area contributed by atoms with Gasteiger partial charge in [-0.25, -0.2) is 4.79 Å². The summed E-state index contributed by atoms with van der Waals surface area (Å²) in [4.78, 5) is 23.1. The summed E-state index contributed by atoms with van der Waals surface area (Å²) < 4.78 is 11.0. The molecule has 134 valence electrons. The molecule has 1 heterocycles. The van der Waals surface area contributed by atoms with Gasteiger partial charge >= 0.3 is 5.97 Å². The Morgan fingerprint density at radius 1 is 1.08 bits per heavy atom. The van der Waals surface area contributed by atoms with Crippen molar-refractivity contribution in [2.24, 2.45) is 0 Å². The lowest BCUT2D eigenvalue weighted by Gasteiger charge is -2.19. The Hall–Kier alpha value is -3.48. The van der Waals surface area contributed by atoms with E-state index < -0.39 is 17.6 Å². The number of phenols is 1. The number of fused-ring (bicyclic) bond motifs is 1. The summed E-state index contributed by atoms with van der Waals surface area (Å²) in [7, 11) is 0. The van der Waals surface area contributed by atoms with E-state index in [1.807, 2.05) is 6.07 Å². The average molecular weight is 355 g/mol. The van der Waals surface area contributed by atoms with Crippen LogP contribution in [0.5, 0.6) is 17.2 Å². The number of carboxylic acids is 1. The van der Waals surface area contributed by atoms with Crippen LogP contribution in [-0.4, -0.2) is 35.3 Å². The van der Waals surface area contributed by atoms with Crippen LogP contribution >= 0.6 is 0 Å². The van der Waals surface area contributed by atoms with Crippen LogP contribution in [0.15, 0.2) is 42.5 Å². The third kappa shape index (κ3) is 3.77. The van der Waals surface area contributed by atoms with Crippen molar-refractivity contribution in [3.05, 3.63) is 53.6 Å². The number of rotatable bonds is 4. The molecule has 0 spiro atoms. The number of carboxylic acid groups (broad SMARTS) is 1. The summed E-state index contributed by atoms with van der Waals surface area (Å²) in [5, 5.41) is 21.2. The fourth-order valence-corrected chi connectivity index (χ4v) is 2.54. The van der Waals surface area contributed by atoms with Gasteiger partial charge in [0.05, 0.1) is 0 Å². The molecule has 0 saturated heterocycles. The third-order valence-electron chi connectivity index (χ3n) is 3.84. The van der Waals surface area contributed by atoms with Crippen molar-refractivity contribution in [3.63, 3.8) is 0 Å². The number of aromatic carboxylic acids is 1. The lowest BCUT2D eigenvalue weighted by Crippen LogP contribution is -2.15. The Morgan fingerprint density at radius 2 is 1.81 bits per heavy atom. The van der Waals surface area contributed by atoms with Gasteiger partial charge in [-0.1, -0.05) is 6.07 Å². The highest BCUT2D eigenvalue weighted by Gasteiger charge is 2.13. The van der Waals surface area contributed by atoms with Gasteiger partial charge in [-0.05, 0) is 42.3 Å². The quantitative estimate of drug-likeness (QED) is 0.729. The molecule has 1 amide bonds. The van der Waals surface area contributed by atoms with E-state index in [0.717, 1.165) is 5.56 Å². The van der Waals surface area contributed by atoms with Gasteiger partial charge in [0.1, 0.15) is 24.5 Å². The molecule has 0 unspecified atom stereocenters. The predicted molar refractivity (Wildman–Crippen MR) is 94.8 cm³/mol. The van der Waals surface area contributed by atoms with Gasteiger partial charge in [0, 0.05) is 17.8 Å². The molecule has 3 N–H and O–H groups in total. The summed E-state index contributed by atoms with van der Waals surface area (Å²) in [6.07, 6.45) is 1.41. The first-order valence-corrected chi connectivity index (χ1v) is 7.89. The van der Waals surface area contributed by atoms with Crippen molar-refractivity contribution in [3.8, 4) is 17.2 Å². The predicted octanol–water partition coefficient (Wildman–Crippen LogP) is 2.90. The van der Waals surface area contributed by atoms with E-state index in [2.05, 4.69) is 5.32 Å². The van der Waals surface area contributed by atoms with Crippen molar-refractivity contribution in [1.29, 1.82) is 0 Å². The number of anilines is 1. The highest BCUT2D eigenvalue weighted by molar-refractivity contribution is 6.04. The minimum absolute atomic E-state index is 0.231. The number of benzene rings is 2. The van der Waals surface area contributed by atoms with Crippen LogP contribution in [-0.2, 0) is 4.79 Å². The average Bonchev–Trinajstić information content (AvgIpc) is 2.60. The zero-order chi connectivity index (χ0) is 18.7. The van der Waals surface area contributed by atoms with Crippen LogP contribution in [0.25, 0.3) is 5.57 Å². The molecule has 0 atom stereocenters. The van der Waals surface area contributed by atoms with E-state index >= 15 is 0 Å². The Bertz CT molecular complexity index is 903. The molecule has 2 aromatic rings. The lowest BCUT2D eigenvalue weighted by molar-refractivity contribution is -0.111. The number of hydrogen-bond acceptors (Lipinski definition) is 5. The standard InChI is InChI=1S/C19H17NO6/c1-11(12-2-5-16-17(9-12)26-7-6-25-16)8-18(22)20-13-3-4-14(19(23)24)15(21)10-13/h2-5,8-10,21H,6-7H2,1H3,(H,20,22)(H,23,24). The van der Waals surface area contributed by atoms with Gasteiger partial charge in [0.2, 0.25) is 5.91 Å². The van der Waals surface area contributed by atoms with E-state index in [9.17, 15) is 14.7 Å². The molecule has 2 aromatic carbocycles. The number of hydrogen-bond donors (Lipinski definition) is 3. The maximum atomic E-state index is 12.2. The van der Waals surface area contributed by atoms with Crippen LogP contribution in [0.1, 0.15) is 22.8 Å². The Morgan fingerprint density at radius 3 is 2.50 bits per heavy atom. The monoisotopic (exact) mass is 355 g/mol. The fourth-order valence-electron chi connectivity index (χ4n) is 2.54. The molecule has 7 nitrogen and oxygen atoms in total. The summed E-state index contributed by atoms with van der Waals surface area (Å²) in [5.74, 6) is -0.750. The second kappa shape index (κ2) is 7.18. The van der Waals surface area contributed by atoms with Crippen LogP contribution < -0.4 is 14.8 Å². The zero-order valence-electron chi connectivity index (χ0n) is 14.0. The molecule has 0 aromatic heterocycles. The minimum atomic E-state index is -1.24. The summed E-state index contributed by atoms with van der Waals surface area (Å²) in [6.45, 7) is 2.78. The molecule has 0 aliphatic carbocycles. The van der Waals surface area contributed by atoms with Crippen LogP contribution in [0, 0.1) is 0 Å². The summed E-state index contributed by atoms with van der Waals surface area (Å²) >= 11 is 0. The second-order valence-electron chi connectivity index (χ2n) is 5.71. The molecule has 7 heteroatoms. The second-order valence-corrected chi connectivity index (χ2v) is 5.71. The number of ether oxygens (including phenoxy) is 2. The normalized spacial score (nSPS) is 13.2. The molecular formula is C19H17NO6. The molecule has 0 bridgehead atoms. The summed E-state index contributed by atoms with van der Waals surface area (Å²) in [6, 6.07) is 9.26. The number of amides is 1. The topological polar surface area (TPSA) is 105 Å². The van der Waals surface area contributed by atoms with Gasteiger partial charge in [0.15, 0.2) is 11.5 Å². The number of carbonyl (C=O) groups excluding carboxylic acids is 1. The van der Waals surface area contributed by atoms with E-state index in [-0.39, 0.29) is 5.56 Å². The molecule has 26 heavy (non-hydrogen) atoms. The Kier molecular flexibility index (Phi) is 4.79. The molecule has 0 radical (unpaired) electrons. The maximum Gasteiger partial charge on any atom is 0.339 e. The molecule has 1 aliphatic heterocycles. The number of nitrogens with one attached hydrogen (secondary N) is 1. The Labute approximate surface area is 149 Å². The zero-order valence-corrected chi connectivity index (χ0v) is 14.0. The fraction of sp³-hybridized carbons (Fsp3) is 0.158. The van der Waals surface area contributed by atoms with Crippen molar-refractivity contribution in [1.82, 2.24) is 0 Å². The minimum Gasteiger partial charge on any atom is -0.507 e. The van der Waals surface area contributed by atoms with Crippen LogP contribution in [0.2, 0.25) is 0 Å². The Balaban J connectivity index is 1.74. The first kappa shape index (κ1) is 17.3. The van der Waals surface area contributed by atoms with E-state index in [0.29, 0.717) is 36.0 Å². The first-order chi connectivity index (χ1) is 12.4. The molecule has 0 fully saturated rings. The van der Waals surface area contributed by atoms with E-state index in [1.165, 1.54) is 24.3 Å². The van der Waals surface area contributed by atoms with Gasteiger partial charge in [-0.3, -0.25) is 4.79 Å². The maximum absolute atomic E-state index is 12.2. The lowest BCUT2D eigenvalue weighted by atomic mass is 10.1. The van der Waals surface area contributed by atoms with Crippen molar-refractivity contribution < 1.29 is 29.3 Å². The number of carbonyl (C=O) groups is 2. The molecule has 0 saturated carbocycles. The molecular weight excluding hydrogens is 338 g/mol. The smallest absolute Gasteiger partial charge is 0.339 e. The van der Waals surface area contributed by atoms with Gasteiger partial charge < -0.3 is 25.0 Å². The van der Waals surface area contributed by atoms with Crippen molar-refractivity contribution >= 4 is 23.1 Å². The van der Waals surface area contributed by atoms with Gasteiger partial charge in [-0.2, -0.15) is 0 Å². The van der Waals surface area contributed by atoms with Gasteiger partial charge in [-0.15, -0.1) is 0 Å². The van der Waals surface area contributed by atoms with Crippen LogP contribution in [0.3, 0.4) is 0 Å². The SMILES string of the molecule is CC(=CC(=O)Nc1ccc(C(=O)O)c(O)c1)c1ccc2c(c1)OCCO2. The van der Waals surface area contributed by atoms with E-state index in [1.54, 1.807) is 19.1 Å². The first-order valence-electron chi connectivity index (χ1n) is 7.89. The van der Waals surface area contributed by atoms with E-state index in [4.69, 9.17) is 14.6 Å². The highest BCUT2D eigenvalue weighted by Crippen LogP contribution is 2.32. The number of aromatic hydroxyl groups is 1. The van der Waals surface area contributed by atoms with Crippen molar-refractivity contribution in [2.75, 3.05) is 18.5 Å². The summed E-state index contributed by atoms with van der Waals surface area (Å²) in [5.41, 5.74) is 1.59. The highest BCUT2D eigenvalue weighted by atomic mass is 16.6.